The molecule has 2 rings (SSSR count). The zero-order chi connectivity index (χ0) is 11.4. The highest BCUT2D eigenvalue weighted by atomic mass is 16.5. The average molecular weight is 224 g/mol. The molecule has 0 amide bonds. The smallest absolute Gasteiger partial charge is 0.276 e. The van der Waals surface area contributed by atoms with E-state index < -0.39 is 0 Å². The quantitative estimate of drug-likeness (QED) is 0.644. The fraction of sp³-hybridized carbons (Fsp3) is 0.444. The second kappa shape index (κ2) is 4.86. The molecule has 7 nitrogen and oxygen atoms in total. The summed E-state index contributed by atoms with van der Waals surface area (Å²) in [6.07, 6.45) is 2.88. The maximum absolute atomic E-state index is 11.5. The first kappa shape index (κ1) is 10.8. The molecule has 0 atom stereocenters. The van der Waals surface area contributed by atoms with Crippen molar-refractivity contribution in [2.75, 3.05) is 19.8 Å². The molecule has 0 aliphatic rings. The molecular weight excluding hydrogens is 212 g/mol. The Labute approximate surface area is 90.7 Å². The molecule has 2 heterocycles. The molecule has 16 heavy (non-hydrogen) atoms. The molecule has 0 aliphatic heterocycles. The lowest BCUT2D eigenvalue weighted by Gasteiger charge is -2.03. The van der Waals surface area contributed by atoms with Crippen molar-refractivity contribution in [3.05, 3.63) is 22.9 Å². The Hall–Kier alpha value is -1.73. The summed E-state index contributed by atoms with van der Waals surface area (Å²) >= 11 is 0. The molecule has 0 unspecified atom stereocenters. The van der Waals surface area contributed by atoms with E-state index in [1.54, 1.807) is 4.68 Å². The molecule has 86 valence electrons. The van der Waals surface area contributed by atoms with Crippen LogP contribution < -0.4 is 5.56 Å². The number of aliphatic hydroxyl groups excluding tert-OH is 1. The van der Waals surface area contributed by atoms with Gasteiger partial charge in [-0.15, -0.1) is 0 Å². The molecule has 0 bridgehead atoms. The summed E-state index contributed by atoms with van der Waals surface area (Å²) in [4.78, 5) is 18.0. The normalized spacial score (nSPS) is 11.1. The summed E-state index contributed by atoms with van der Waals surface area (Å²) < 4.78 is 6.64. The lowest BCUT2D eigenvalue weighted by Crippen LogP contribution is -2.15. The standard InChI is InChI=1S/C9H12N4O3/c14-2-4-16-3-1-13-8-7(5-12-13)10-6-11-9(8)15/h5-6,14H,1-4H2,(H,10,11,15). The van der Waals surface area contributed by atoms with Crippen LogP contribution in [-0.4, -0.2) is 44.7 Å². The Bertz CT molecular complexity index is 519. The first-order chi connectivity index (χ1) is 7.83. The molecule has 0 saturated heterocycles. The van der Waals surface area contributed by atoms with E-state index in [-0.39, 0.29) is 18.8 Å². The zero-order valence-corrected chi connectivity index (χ0v) is 8.59. The summed E-state index contributed by atoms with van der Waals surface area (Å²) in [7, 11) is 0. The average Bonchev–Trinajstić information content (AvgIpc) is 2.69. The Morgan fingerprint density at radius 1 is 1.50 bits per heavy atom. The lowest BCUT2D eigenvalue weighted by atomic mass is 10.4. The maximum Gasteiger partial charge on any atom is 0.276 e. The number of aromatic nitrogens is 4. The number of nitrogens with zero attached hydrogens (tertiary/aromatic N) is 3. The number of nitrogens with one attached hydrogen (secondary N) is 1. The van der Waals surface area contributed by atoms with Crippen LogP contribution in [0.5, 0.6) is 0 Å². The summed E-state index contributed by atoms with van der Waals surface area (Å²) in [5.41, 5.74) is 0.783. The molecule has 0 aliphatic carbocycles. The van der Waals surface area contributed by atoms with Gasteiger partial charge in [0, 0.05) is 0 Å². The van der Waals surface area contributed by atoms with E-state index in [2.05, 4.69) is 15.1 Å². The number of ether oxygens (including phenoxy) is 1. The molecule has 2 aromatic heterocycles. The van der Waals surface area contributed by atoms with Crippen molar-refractivity contribution in [1.82, 2.24) is 19.7 Å². The van der Waals surface area contributed by atoms with Crippen LogP contribution in [0.3, 0.4) is 0 Å². The predicted molar refractivity (Wildman–Crippen MR) is 56.1 cm³/mol. The van der Waals surface area contributed by atoms with Gasteiger partial charge in [0.05, 0.1) is 38.9 Å². The molecule has 2 N–H and O–H groups in total. The van der Waals surface area contributed by atoms with Crippen LogP contribution in [0.15, 0.2) is 17.3 Å². The number of fused-ring (bicyclic) bond motifs is 1. The van der Waals surface area contributed by atoms with Crippen molar-refractivity contribution in [2.45, 2.75) is 6.54 Å². The van der Waals surface area contributed by atoms with Gasteiger partial charge in [-0.05, 0) is 0 Å². The minimum absolute atomic E-state index is 0.0119. The van der Waals surface area contributed by atoms with Crippen molar-refractivity contribution in [3.63, 3.8) is 0 Å². The number of rotatable bonds is 5. The monoisotopic (exact) mass is 224 g/mol. The number of H-pyrrole nitrogens is 1. The largest absolute Gasteiger partial charge is 0.394 e. The van der Waals surface area contributed by atoms with E-state index in [1.807, 2.05) is 0 Å². The second-order valence-corrected chi connectivity index (χ2v) is 3.17. The van der Waals surface area contributed by atoms with Gasteiger partial charge in [0.1, 0.15) is 5.52 Å². The van der Waals surface area contributed by atoms with Crippen molar-refractivity contribution in [3.8, 4) is 0 Å². The van der Waals surface area contributed by atoms with Crippen LogP contribution in [0.1, 0.15) is 0 Å². The maximum atomic E-state index is 11.5. The van der Waals surface area contributed by atoms with Crippen LogP contribution in [0.4, 0.5) is 0 Å². The molecule has 0 saturated carbocycles. The Balaban J connectivity index is 2.15. The summed E-state index contributed by atoms with van der Waals surface area (Å²) in [6.45, 7) is 1.12. The van der Waals surface area contributed by atoms with E-state index in [4.69, 9.17) is 9.84 Å². The first-order valence-corrected chi connectivity index (χ1v) is 4.90. The van der Waals surface area contributed by atoms with Gasteiger partial charge < -0.3 is 14.8 Å². The third-order valence-electron chi connectivity index (χ3n) is 2.12. The van der Waals surface area contributed by atoms with E-state index in [0.717, 1.165) is 0 Å². The SMILES string of the molecule is O=c1[nH]cnc2cnn(CCOCCO)c12. The third kappa shape index (κ3) is 2.10. The fourth-order valence-electron chi connectivity index (χ4n) is 1.42. The number of hydrogen-bond acceptors (Lipinski definition) is 5. The van der Waals surface area contributed by atoms with Crippen molar-refractivity contribution in [2.24, 2.45) is 0 Å². The lowest BCUT2D eigenvalue weighted by molar-refractivity contribution is 0.0859. The van der Waals surface area contributed by atoms with Crippen molar-refractivity contribution < 1.29 is 9.84 Å². The summed E-state index contributed by atoms with van der Waals surface area (Å²) in [5.74, 6) is 0. The van der Waals surface area contributed by atoms with Crippen LogP contribution in [0.25, 0.3) is 11.0 Å². The Kier molecular flexibility index (Phi) is 3.28. The van der Waals surface area contributed by atoms with E-state index in [9.17, 15) is 4.79 Å². The Morgan fingerprint density at radius 3 is 3.19 bits per heavy atom. The fourth-order valence-corrected chi connectivity index (χ4v) is 1.42. The van der Waals surface area contributed by atoms with Crippen LogP contribution >= 0.6 is 0 Å². The third-order valence-corrected chi connectivity index (χ3v) is 2.12. The van der Waals surface area contributed by atoms with Gasteiger partial charge in [-0.3, -0.25) is 9.48 Å². The van der Waals surface area contributed by atoms with E-state index >= 15 is 0 Å². The summed E-state index contributed by atoms with van der Waals surface area (Å²) in [5, 5.41) is 12.6. The number of aromatic amines is 1. The minimum Gasteiger partial charge on any atom is -0.394 e. The number of aliphatic hydroxyl groups is 1. The molecule has 7 heteroatoms. The van der Waals surface area contributed by atoms with Gasteiger partial charge in [-0.25, -0.2) is 4.98 Å². The minimum atomic E-state index is -0.218. The molecule has 0 fully saturated rings. The van der Waals surface area contributed by atoms with E-state index in [0.29, 0.717) is 24.2 Å². The molecule has 0 radical (unpaired) electrons. The van der Waals surface area contributed by atoms with Gasteiger partial charge >= 0.3 is 0 Å². The van der Waals surface area contributed by atoms with Crippen molar-refractivity contribution in [1.29, 1.82) is 0 Å². The highest BCUT2D eigenvalue weighted by molar-refractivity contribution is 5.72. The van der Waals surface area contributed by atoms with Gasteiger partial charge in [-0.2, -0.15) is 5.10 Å². The van der Waals surface area contributed by atoms with Gasteiger partial charge in [0.2, 0.25) is 0 Å². The molecule has 0 spiro atoms. The van der Waals surface area contributed by atoms with Gasteiger partial charge in [0.25, 0.3) is 5.56 Å². The topological polar surface area (TPSA) is 93.0 Å². The van der Waals surface area contributed by atoms with Crippen molar-refractivity contribution >= 4 is 11.0 Å². The Morgan fingerprint density at radius 2 is 2.38 bits per heavy atom. The molecule has 2 aromatic rings. The van der Waals surface area contributed by atoms with Gasteiger partial charge in [-0.1, -0.05) is 0 Å². The van der Waals surface area contributed by atoms with Crippen LogP contribution in [-0.2, 0) is 11.3 Å². The van der Waals surface area contributed by atoms with Crippen LogP contribution in [0, 0.1) is 0 Å². The highest BCUT2D eigenvalue weighted by Gasteiger charge is 2.06. The van der Waals surface area contributed by atoms with Gasteiger partial charge in [0.15, 0.2) is 5.52 Å². The highest BCUT2D eigenvalue weighted by Crippen LogP contribution is 2.03. The molecular formula is C9H12N4O3. The van der Waals surface area contributed by atoms with Crippen LogP contribution in [0.2, 0.25) is 0 Å². The first-order valence-electron chi connectivity index (χ1n) is 4.90. The second-order valence-electron chi connectivity index (χ2n) is 3.17. The zero-order valence-electron chi connectivity index (χ0n) is 8.59. The molecule has 0 aromatic carbocycles. The predicted octanol–water partition coefficient (Wildman–Crippen LogP) is -0.872. The number of hydrogen-bond donors (Lipinski definition) is 2. The summed E-state index contributed by atoms with van der Waals surface area (Å²) in [6, 6.07) is 0. The van der Waals surface area contributed by atoms with E-state index in [1.165, 1.54) is 12.5 Å².